The van der Waals surface area contributed by atoms with Gasteiger partial charge < -0.3 is 16.0 Å². The van der Waals surface area contributed by atoms with E-state index in [-0.39, 0.29) is 17.1 Å². The standard InChI is InChI=1S/C10H17ClN6O/c1-4-5-13-9-15-8(11)16-10(17-9)14-6(2)7(18)12-3/h6H,4-5H2,1-3H3,(H,12,18)(H2,13,14,15,16,17). The fourth-order valence-electron chi connectivity index (χ4n) is 1.21. The number of nitrogens with one attached hydrogen (secondary N) is 3. The van der Waals surface area contributed by atoms with Gasteiger partial charge in [-0.3, -0.25) is 4.79 Å². The summed E-state index contributed by atoms with van der Waals surface area (Å²) in [5.74, 6) is 0.503. The summed E-state index contributed by atoms with van der Waals surface area (Å²) in [6.07, 6.45) is 0.945. The Morgan fingerprint density at radius 3 is 2.61 bits per heavy atom. The lowest BCUT2D eigenvalue weighted by Crippen LogP contribution is -2.35. The molecule has 0 spiro atoms. The van der Waals surface area contributed by atoms with E-state index in [1.54, 1.807) is 14.0 Å². The molecule has 1 aromatic heterocycles. The average molecular weight is 273 g/mol. The summed E-state index contributed by atoms with van der Waals surface area (Å²) in [5.41, 5.74) is 0. The summed E-state index contributed by atoms with van der Waals surface area (Å²) in [7, 11) is 1.56. The fourth-order valence-corrected chi connectivity index (χ4v) is 1.37. The van der Waals surface area contributed by atoms with Gasteiger partial charge in [0.2, 0.25) is 23.1 Å². The first-order valence-corrected chi connectivity index (χ1v) is 6.08. The molecule has 1 amide bonds. The van der Waals surface area contributed by atoms with Crippen LogP contribution >= 0.6 is 11.6 Å². The van der Waals surface area contributed by atoms with Crippen molar-refractivity contribution in [3.05, 3.63) is 5.28 Å². The van der Waals surface area contributed by atoms with Crippen molar-refractivity contribution in [2.24, 2.45) is 0 Å². The van der Waals surface area contributed by atoms with E-state index in [1.165, 1.54) is 0 Å². The predicted octanol–water partition coefficient (Wildman–Crippen LogP) is 0.893. The molecule has 0 saturated heterocycles. The van der Waals surface area contributed by atoms with E-state index in [2.05, 4.69) is 30.9 Å². The summed E-state index contributed by atoms with van der Waals surface area (Å²) in [5, 5.41) is 8.46. The van der Waals surface area contributed by atoms with Gasteiger partial charge >= 0.3 is 0 Å². The molecule has 1 atom stereocenters. The van der Waals surface area contributed by atoms with Crippen molar-refractivity contribution in [3.63, 3.8) is 0 Å². The summed E-state index contributed by atoms with van der Waals surface area (Å²) < 4.78 is 0. The molecule has 100 valence electrons. The highest BCUT2D eigenvalue weighted by molar-refractivity contribution is 6.28. The maximum Gasteiger partial charge on any atom is 0.242 e. The summed E-state index contributed by atoms with van der Waals surface area (Å²) in [6, 6.07) is -0.451. The SMILES string of the molecule is CCCNc1nc(Cl)nc(NC(C)C(=O)NC)n1. The van der Waals surface area contributed by atoms with Gasteiger partial charge in [-0.25, -0.2) is 0 Å². The molecule has 0 aliphatic heterocycles. The third kappa shape index (κ3) is 4.33. The lowest BCUT2D eigenvalue weighted by Gasteiger charge is -2.12. The van der Waals surface area contributed by atoms with Crippen LogP contribution in [0.2, 0.25) is 5.28 Å². The molecule has 1 aromatic rings. The van der Waals surface area contributed by atoms with Crippen molar-refractivity contribution in [1.29, 1.82) is 0 Å². The Kier molecular flexibility index (Phi) is 5.57. The smallest absolute Gasteiger partial charge is 0.242 e. The van der Waals surface area contributed by atoms with Gasteiger partial charge in [-0.2, -0.15) is 15.0 Å². The molecule has 8 heteroatoms. The van der Waals surface area contributed by atoms with Crippen molar-refractivity contribution >= 4 is 29.4 Å². The summed E-state index contributed by atoms with van der Waals surface area (Å²) in [6.45, 7) is 4.48. The molecule has 0 aromatic carbocycles. The number of nitrogens with zero attached hydrogens (tertiary/aromatic N) is 3. The zero-order valence-electron chi connectivity index (χ0n) is 10.6. The Morgan fingerprint density at radius 1 is 1.33 bits per heavy atom. The number of hydrogen-bond donors (Lipinski definition) is 3. The molecule has 7 nitrogen and oxygen atoms in total. The van der Waals surface area contributed by atoms with Gasteiger partial charge in [0.25, 0.3) is 0 Å². The van der Waals surface area contributed by atoms with E-state index >= 15 is 0 Å². The van der Waals surface area contributed by atoms with Gasteiger partial charge in [0, 0.05) is 13.6 Å². The molecular weight excluding hydrogens is 256 g/mol. The topological polar surface area (TPSA) is 91.8 Å². The summed E-state index contributed by atoms with van der Waals surface area (Å²) in [4.78, 5) is 23.3. The second kappa shape index (κ2) is 6.95. The van der Waals surface area contributed by atoms with E-state index < -0.39 is 6.04 Å². The molecule has 0 bridgehead atoms. The Labute approximate surface area is 111 Å². The van der Waals surface area contributed by atoms with Crippen LogP contribution < -0.4 is 16.0 Å². The van der Waals surface area contributed by atoms with Gasteiger partial charge in [-0.1, -0.05) is 6.92 Å². The van der Waals surface area contributed by atoms with Crippen LogP contribution in [0.1, 0.15) is 20.3 Å². The van der Waals surface area contributed by atoms with Crippen LogP contribution in [0.4, 0.5) is 11.9 Å². The van der Waals surface area contributed by atoms with Crippen LogP contribution in [-0.2, 0) is 4.79 Å². The molecule has 1 unspecified atom stereocenters. The van der Waals surface area contributed by atoms with Crippen LogP contribution in [-0.4, -0.2) is 40.5 Å². The van der Waals surface area contributed by atoms with E-state index in [9.17, 15) is 4.79 Å². The van der Waals surface area contributed by atoms with Crippen molar-refractivity contribution in [2.45, 2.75) is 26.3 Å². The van der Waals surface area contributed by atoms with Crippen LogP contribution in [0.25, 0.3) is 0 Å². The number of aromatic nitrogens is 3. The zero-order valence-corrected chi connectivity index (χ0v) is 11.4. The lowest BCUT2D eigenvalue weighted by atomic mass is 10.3. The third-order valence-corrected chi connectivity index (χ3v) is 2.30. The monoisotopic (exact) mass is 272 g/mol. The van der Waals surface area contributed by atoms with Crippen molar-refractivity contribution in [2.75, 3.05) is 24.2 Å². The number of amides is 1. The Balaban J connectivity index is 2.76. The highest BCUT2D eigenvalue weighted by atomic mass is 35.5. The van der Waals surface area contributed by atoms with Gasteiger partial charge in [-0.15, -0.1) is 0 Å². The Bertz CT molecular complexity index is 413. The third-order valence-electron chi connectivity index (χ3n) is 2.13. The van der Waals surface area contributed by atoms with Crippen LogP contribution in [0.3, 0.4) is 0 Å². The Morgan fingerprint density at radius 2 is 2.00 bits per heavy atom. The number of likely N-dealkylation sites (N-methyl/N-ethyl adjacent to an activating group) is 1. The minimum atomic E-state index is -0.451. The maximum atomic E-state index is 11.4. The minimum Gasteiger partial charge on any atom is -0.357 e. The second-order valence-corrected chi connectivity index (χ2v) is 4.00. The Hall–Kier alpha value is -1.63. The quantitative estimate of drug-likeness (QED) is 0.712. The van der Waals surface area contributed by atoms with Gasteiger partial charge in [0.1, 0.15) is 6.04 Å². The average Bonchev–Trinajstić information content (AvgIpc) is 2.34. The van der Waals surface area contributed by atoms with E-state index in [0.717, 1.165) is 13.0 Å². The van der Waals surface area contributed by atoms with Crippen LogP contribution in [0.5, 0.6) is 0 Å². The maximum absolute atomic E-state index is 11.4. The molecule has 0 radical (unpaired) electrons. The first kappa shape index (κ1) is 14.4. The number of halogens is 1. The van der Waals surface area contributed by atoms with E-state index in [1.807, 2.05) is 6.92 Å². The van der Waals surface area contributed by atoms with Crippen molar-refractivity contribution in [1.82, 2.24) is 20.3 Å². The fraction of sp³-hybridized carbons (Fsp3) is 0.600. The van der Waals surface area contributed by atoms with Crippen molar-refractivity contribution < 1.29 is 4.79 Å². The molecule has 0 saturated carbocycles. The molecular formula is C10H17ClN6O. The normalized spacial score (nSPS) is 11.8. The van der Waals surface area contributed by atoms with E-state index in [4.69, 9.17) is 11.6 Å². The van der Waals surface area contributed by atoms with Gasteiger partial charge in [0.15, 0.2) is 0 Å². The summed E-state index contributed by atoms with van der Waals surface area (Å²) >= 11 is 5.78. The highest BCUT2D eigenvalue weighted by Gasteiger charge is 2.13. The highest BCUT2D eigenvalue weighted by Crippen LogP contribution is 2.10. The van der Waals surface area contributed by atoms with E-state index in [0.29, 0.717) is 5.95 Å². The molecule has 3 N–H and O–H groups in total. The number of carbonyl (C=O) groups is 1. The number of hydrogen-bond acceptors (Lipinski definition) is 6. The van der Waals surface area contributed by atoms with Crippen LogP contribution in [0, 0.1) is 0 Å². The first-order chi connectivity index (χ1) is 8.56. The molecule has 0 fully saturated rings. The predicted molar refractivity (Wildman–Crippen MR) is 70.8 cm³/mol. The number of carbonyl (C=O) groups excluding carboxylic acids is 1. The lowest BCUT2D eigenvalue weighted by molar-refractivity contribution is -0.121. The first-order valence-electron chi connectivity index (χ1n) is 5.70. The zero-order chi connectivity index (χ0) is 13.5. The number of anilines is 2. The molecule has 0 aliphatic rings. The largest absolute Gasteiger partial charge is 0.357 e. The number of rotatable bonds is 6. The van der Waals surface area contributed by atoms with Crippen molar-refractivity contribution in [3.8, 4) is 0 Å². The molecule has 18 heavy (non-hydrogen) atoms. The molecule has 0 aliphatic carbocycles. The van der Waals surface area contributed by atoms with Gasteiger partial charge in [0.05, 0.1) is 0 Å². The van der Waals surface area contributed by atoms with Crippen LogP contribution in [0.15, 0.2) is 0 Å². The minimum absolute atomic E-state index is 0.0789. The molecule has 1 heterocycles. The van der Waals surface area contributed by atoms with Gasteiger partial charge in [-0.05, 0) is 24.9 Å². The second-order valence-electron chi connectivity index (χ2n) is 3.66. The molecule has 1 rings (SSSR count).